The van der Waals surface area contributed by atoms with Crippen molar-refractivity contribution in [2.24, 2.45) is 0 Å². The first-order valence-electron chi connectivity index (χ1n) is 13.5. The predicted molar refractivity (Wildman–Crippen MR) is 136 cm³/mol. The number of rotatable bonds is 22. The Labute approximate surface area is 195 Å². The predicted octanol–water partition coefficient (Wildman–Crippen LogP) is 8.86. The van der Waals surface area contributed by atoms with Crippen LogP contribution in [0.1, 0.15) is 150 Å². The Hall–Kier alpha value is -0.830. The summed E-state index contributed by atoms with van der Waals surface area (Å²) in [5.74, 6) is -0.312. The van der Waals surface area contributed by atoms with Gasteiger partial charge in [-0.3, -0.25) is 5.32 Å². The Morgan fingerprint density at radius 2 is 1.16 bits per heavy atom. The zero-order chi connectivity index (χ0) is 23.4. The second-order valence-corrected chi connectivity index (χ2v) is 9.66. The number of hydrogen-bond donors (Lipinski definition) is 1. The Balaban J connectivity index is 3.76. The second kappa shape index (κ2) is 19.8. The number of nitrogens with one attached hydrogen (secondary N) is 1. The normalized spacial score (nSPS) is 12.7. The maximum Gasteiger partial charge on any atom is 0.334 e. The van der Waals surface area contributed by atoms with Gasteiger partial charge >= 0.3 is 5.97 Å². The molecular formula is C28H55NO2. The molecule has 3 heteroatoms. The summed E-state index contributed by atoms with van der Waals surface area (Å²) in [6.07, 6.45) is 23.9. The van der Waals surface area contributed by atoms with Crippen molar-refractivity contribution in [2.75, 3.05) is 0 Å². The zero-order valence-electron chi connectivity index (χ0n) is 21.8. The molecular weight excluding hydrogens is 382 g/mol. The molecule has 0 heterocycles. The molecule has 0 amide bonds. The lowest BCUT2D eigenvalue weighted by Crippen LogP contribution is -2.50. The van der Waals surface area contributed by atoms with Gasteiger partial charge in [0.15, 0.2) is 6.23 Å². The lowest BCUT2D eigenvalue weighted by Gasteiger charge is -2.36. The SMILES string of the molecule is C=C(C)C(=O)OC(C)NC(CC)(CC)CCCCCCCCCCCCCCCCC. The zero-order valence-corrected chi connectivity index (χ0v) is 21.8. The van der Waals surface area contributed by atoms with E-state index in [0.717, 1.165) is 19.3 Å². The van der Waals surface area contributed by atoms with E-state index in [1.54, 1.807) is 6.92 Å². The van der Waals surface area contributed by atoms with Crippen molar-refractivity contribution in [1.82, 2.24) is 5.32 Å². The molecule has 3 nitrogen and oxygen atoms in total. The van der Waals surface area contributed by atoms with Crippen molar-refractivity contribution in [2.45, 2.75) is 162 Å². The van der Waals surface area contributed by atoms with Gasteiger partial charge in [0.1, 0.15) is 0 Å². The van der Waals surface area contributed by atoms with E-state index in [1.807, 2.05) is 6.92 Å². The summed E-state index contributed by atoms with van der Waals surface area (Å²) in [6, 6.07) is 0. The van der Waals surface area contributed by atoms with Crippen LogP contribution in [0.3, 0.4) is 0 Å². The van der Waals surface area contributed by atoms with Crippen LogP contribution in [0.2, 0.25) is 0 Å². The van der Waals surface area contributed by atoms with E-state index in [1.165, 1.54) is 96.3 Å². The molecule has 0 aromatic heterocycles. The van der Waals surface area contributed by atoms with Crippen molar-refractivity contribution < 1.29 is 9.53 Å². The van der Waals surface area contributed by atoms with Crippen molar-refractivity contribution >= 4 is 5.97 Å². The molecule has 0 aliphatic carbocycles. The number of carbonyl (C=O) groups is 1. The van der Waals surface area contributed by atoms with Crippen LogP contribution < -0.4 is 5.32 Å². The molecule has 1 unspecified atom stereocenters. The van der Waals surface area contributed by atoms with Crippen molar-refractivity contribution in [1.29, 1.82) is 0 Å². The fraction of sp³-hybridized carbons (Fsp3) is 0.893. The fourth-order valence-corrected chi connectivity index (χ4v) is 4.44. The van der Waals surface area contributed by atoms with E-state index in [-0.39, 0.29) is 17.7 Å². The Morgan fingerprint density at radius 1 is 0.774 bits per heavy atom. The van der Waals surface area contributed by atoms with Crippen LogP contribution in [0.25, 0.3) is 0 Å². The van der Waals surface area contributed by atoms with Crippen LogP contribution in [0.5, 0.6) is 0 Å². The first-order valence-corrected chi connectivity index (χ1v) is 13.5. The Morgan fingerprint density at radius 3 is 1.52 bits per heavy atom. The van der Waals surface area contributed by atoms with Gasteiger partial charge in [0.25, 0.3) is 0 Å². The Bertz CT molecular complexity index is 442. The van der Waals surface area contributed by atoms with Gasteiger partial charge in [0.2, 0.25) is 0 Å². The average molecular weight is 438 g/mol. The molecule has 0 spiro atoms. The van der Waals surface area contributed by atoms with E-state index in [2.05, 4.69) is 32.7 Å². The highest BCUT2D eigenvalue weighted by Gasteiger charge is 2.28. The van der Waals surface area contributed by atoms with E-state index >= 15 is 0 Å². The van der Waals surface area contributed by atoms with E-state index in [4.69, 9.17) is 4.74 Å². The van der Waals surface area contributed by atoms with Crippen molar-refractivity contribution in [3.8, 4) is 0 Å². The van der Waals surface area contributed by atoms with Gasteiger partial charge in [0.05, 0.1) is 0 Å². The third-order valence-electron chi connectivity index (χ3n) is 6.75. The standard InChI is InChI=1S/C28H55NO2/c1-7-10-11-12-13-14-15-16-17-18-19-20-21-22-23-24-28(8-2,9-3)29-26(6)31-27(30)25(4)5/h26,29H,4,7-24H2,1-3,5-6H3. The summed E-state index contributed by atoms with van der Waals surface area (Å²) in [5, 5.41) is 3.58. The first-order chi connectivity index (χ1) is 14.9. The van der Waals surface area contributed by atoms with Crippen LogP contribution in [-0.4, -0.2) is 17.7 Å². The maximum absolute atomic E-state index is 11.8. The topological polar surface area (TPSA) is 38.3 Å². The lowest BCUT2D eigenvalue weighted by molar-refractivity contribution is -0.146. The van der Waals surface area contributed by atoms with E-state index in [9.17, 15) is 4.79 Å². The number of unbranched alkanes of at least 4 members (excludes halogenated alkanes) is 14. The van der Waals surface area contributed by atoms with Crippen LogP contribution in [0, 0.1) is 0 Å². The number of esters is 1. The van der Waals surface area contributed by atoms with Gasteiger partial charge in [-0.25, -0.2) is 4.79 Å². The summed E-state index contributed by atoms with van der Waals surface area (Å²) in [4.78, 5) is 11.8. The van der Waals surface area contributed by atoms with Gasteiger partial charge in [0, 0.05) is 11.1 Å². The van der Waals surface area contributed by atoms with Crippen molar-refractivity contribution in [3.05, 3.63) is 12.2 Å². The summed E-state index contributed by atoms with van der Waals surface area (Å²) in [5.41, 5.74) is 0.514. The van der Waals surface area contributed by atoms with Gasteiger partial charge in [-0.15, -0.1) is 0 Å². The summed E-state index contributed by atoms with van der Waals surface area (Å²) >= 11 is 0. The van der Waals surface area contributed by atoms with Crippen LogP contribution >= 0.6 is 0 Å². The molecule has 0 aliphatic heterocycles. The quantitative estimate of drug-likeness (QED) is 0.0795. The third-order valence-corrected chi connectivity index (χ3v) is 6.75. The van der Waals surface area contributed by atoms with Crippen molar-refractivity contribution in [3.63, 3.8) is 0 Å². The molecule has 0 rings (SSSR count). The molecule has 0 radical (unpaired) electrons. The molecule has 0 bridgehead atoms. The molecule has 0 aromatic rings. The van der Waals surface area contributed by atoms with E-state index in [0.29, 0.717) is 5.57 Å². The smallest absolute Gasteiger partial charge is 0.334 e. The van der Waals surface area contributed by atoms with Gasteiger partial charge in [-0.2, -0.15) is 0 Å². The molecule has 1 atom stereocenters. The Kier molecular flexibility index (Phi) is 19.3. The highest BCUT2D eigenvalue weighted by molar-refractivity contribution is 5.87. The third kappa shape index (κ3) is 16.5. The van der Waals surface area contributed by atoms with Crippen LogP contribution in [0.4, 0.5) is 0 Å². The minimum atomic E-state index is -0.312. The maximum atomic E-state index is 11.8. The molecule has 184 valence electrons. The van der Waals surface area contributed by atoms with Gasteiger partial charge in [-0.1, -0.05) is 124 Å². The number of ether oxygens (including phenoxy) is 1. The monoisotopic (exact) mass is 437 g/mol. The molecule has 0 saturated carbocycles. The van der Waals surface area contributed by atoms with Crippen LogP contribution in [-0.2, 0) is 9.53 Å². The number of hydrogen-bond acceptors (Lipinski definition) is 3. The van der Waals surface area contributed by atoms with E-state index < -0.39 is 0 Å². The van der Waals surface area contributed by atoms with Gasteiger partial charge < -0.3 is 4.74 Å². The highest BCUT2D eigenvalue weighted by Crippen LogP contribution is 2.25. The first kappa shape index (κ1) is 30.2. The van der Waals surface area contributed by atoms with Gasteiger partial charge in [-0.05, 0) is 33.1 Å². The molecule has 31 heavy (non-hydrogen) atoms. The minimum absolute atomic E-state index is 0.0608. The molecule has 0 aliphatic rings. The number of carbonyl (C=O) groups excluding carboxylic acids is 1. The molecule has 0 saturated heterocycles. The fourth-order valence-electron chi connectivity index (χ4n) is 4.44. The summed E-state index contributed by atoms with van der Waals surface area (Å²) < 4.78 is 5.45. The lowest BCUT2D eigenvalue weighted by atomic mass is 9.86. The van der Waals surface area contributed by atoms with Crippen LogP contribution in [0.15, 0.2) is 12.2 Å². The average Bonchev–Trinajstić information content (AvgIpc) is 2.75. The molecule has 0 fully saturated rings. The molecule has 0 aromatic carbocycles. The second-order valence-electron chi connectivity index (χ2n) is 9.66. The summed E-state index contributed by atoms with van der Waals surface area (Å²) in [7, 11) is 0. The highest BCUT2D eigenvalue weighted by atomic mass is 16.6. The summed E-state index contributed by atoms with van der Waals surface area (Å²) in [6.45, 7) is 14.0. The minimum Gasteiger partial charge on any atom is -0.444 e. The largest absolute Gasteiger partial charge is 0.444 e. The molecule has 1 N–H and O–H groups in total.